The predicted octanol–water partition coefficient (Wildman–Crippen LogP) is 3.48. The van der Waals surface area contributed by atoms with Crippen molar-refractivity contribution < 1.29 is 4.79 Å². The summed E-state index contributed by atoms with van der Waals surface area (Å²) in [4.78, 5) is 20.7. The number of halogens is 1. The Bertz CT molecular complexity index is 649. The van der Waals surface area contributed by atoms with Crippen LogP contribution in [0.25, 0.3) is 0 Å². The number of carbonyl (C=O) groups is 1. The normalized spacial score (nSPS) is 10.4. The molecule has 0 fully saturated rings. The number of aryl methyl sites for hydroxylation is 1. The molecule has 0 aliphatic rings. The van der Waals surface area contributed by atoms with Gasteiger partial charge in [0.05, 0.1) is 0 Å². The number of nitrogens with zero attached hydrogens (tertiary/aromatic N) is 2. The molecule has 4 nitrogen and oxygen atoms in total. The molecule has 1 heterocycles. The molecular weight excluding hydrogens is 306 g/mol. The second-order valence-electron chi connectivity index (χ2n) is 4.42. The van der Waals surface area contributed by atoms with Crippen molar-refractivity contribution >= 4 is 29.3 Å². The van der Waals surface area contributed by atoms with Crippen LogP contribution in [0.1, 0.15) is 28.7 Å². The van der Waals surface area contributed by atoms with E-state index in [1.807, 2.05) is 32.0 Å². The number of rotatable bonds is 5. The summed E-state index contributed by atoms with van der Waals surface area (Å²) in [5.41, 5.74) is 2.12. The van der Waals surface area contributed by atoms with Crippen LogP contribution in [-0.2, 0) is 6.54 Å². The van der Waals surface area contributed by atoms with Crippen LogP contribution < -0.4 is 5.32 Å². The summed E-state index contributed by atoms with van der Waals surface area (Å²) in [5.74, 6) is 0.658. The van der Waals surface area contributed by atoms with Crippen LogP contribution in [0.15, 0.2) is 35.5 Å². The lowest BCUT2D eigenvalue weighted by Crippen LogP contribution is -2.24. The number of benzene rings is 1. The van der Waals surface area contributed by atoms with Gasteiger partial charge in [0.25, 0.3) is 5.91 Å². The number of nitrogens with one attached hydrogen (secondary N) is 1. The van der Waals surface area contributed by atoms with Gasteiger partial charge in [-0.3, -0.25) is 4.79 Å². The molecule has 2 aromatic rings. The maximum Gasteiger partial charge on any atom is 0.270 e. The Labute approximate surface area is 133 Å². The summed E-state index contributed by atoms with van der Waals surface area (Å²) in [6, 6.07) is 9.08. The molecule has 0 aliphatic carbocycles. The molecule has 0 saturated carbocycles. The van der Waals surface area contributed by atoms with Crippen molar-refractivity contribution in [3.8, 4) is 0 Å². The van der Waals surface area contributed by atoms with E-state index in [1.165, 1.54) is 11.8 Å². The molecule has 0 saturated heterocycles. The van der Waals surface area contributed by atoms with E-state index in [4.69, 9.17) is 11.6 Å². The first kappa shape index (κ1) is 15.8. The van der Waals surface area contributed by atoms with Crippen molar-refractivity contribution in [2.75, 3.05) is 5.75 Å². The quantitative estimate of drug-likeness (QED) is 0.676. The van der Waals surface area contributed by atoms with Crippen molar-refractivity contribution in [3.05, 3.63) is 52.3 Å². The minimum Gasteiger partial charge on any atom is -0.347 e. The number of hydrogen-bond acceptors (Lipinski definition) is 4. The van der Waals surface area contributed by atoms with E-state index in [9.17, 15) is 4.79 Å². The van der Waals surface area contributed by atoms with E-state index >= 15 is 0 Å². The van der Waals surface area contributed by atoms with Crippen LogP contribution in [0.5, 0.6) is 0 Å². The van der Waals surface area contributed by atoms with Crippen LogP contribution in [0.4, 0.5) is 0 Å². The number of carbonyl (C=O) groups excluding carboxylic acids is 1. The molecule has 1 amide bonds. The fourth-order valence-electron chi connectivity index (χ4n) is 1.77. The Morgan fingerprint density at radius 2 is 2.14 bits per heavy atom. The first-order chi connectivity index (χ1) is 10.1. The zero-order chi connectivity index (χ0) is 15.2. The number of thioether (sulfide) groups is 1. The SMILES string of the molecule is CCSc1nc(C)cc(C(=O)NCc2cccc(Cl)c2)n1. The standard InChI is InChI=1S/C15H16ClN3OS/c1-3-21-15-18-10(2)7-13(19-15)14(20)17-9-11-5-4-6-12(16)8-11/h4-8H,3,9H2,1-2H3,(H,17,20). The second kappa shape index (κ2) is 7.43. The van der Waals surface area contributed by atoms with Crippen LogP contribution in [0.3, 0.4) is 0 Å². The summed E-state index contributed by atoms with van der Waals surface area (Å²) in [6.45, 7) is 4.29. The molecule has 0 aliphatic heterocycles. The van der Waals surface area contributed by atoms with Crippen LogP contribution in [-0.4, -0.2) is 21.6 Å². The molecule has 6 heteroatoms. The van der Waals surface area contributed by atoms with E-state index in [0.29, 0.717) is 22.4 Å². The summed E-state index contributed by atoms with van der Waals surface area (Å²) in [6.07, 6.45) is 0. The van der Waals surface area contributed by atoms with Crippen molar-refractivity contribution in [1.82, 2.24) is 15.3 Å². The Kier molecular flexibility index (Phi) is 5.59. The highest BCUT2D eigenvalue weighted by Gasteiger charge is 2.10. The lowest BCUT2D eigenvalue weighted by molar-refractivity contribution is 0.0945. The molecule has 21 heavy (non-hydrogen) atoms. The van der Waals surface area contributed by atoms with Crippen molar-refractivity contribution in [2.45, 2.75) is 25.5 Å². The van der Waals surface area contributed by atoms with Crippen molar-refractivity contribution in [1.29, 1.82) is 0 Å². The summed E-state index contributed by atoms with van der Waals surface area (Å²) < 4.78 is 0. The third-order valence-electron chi connectivity index (χ3n) is 2.68. The molecule has 0 spiro atoms. The van der Waals surface area contributed by atoms with Crippen LogP contribution in [0, 0.1) is 6.92 Å². The van der Waals surface area contributed by atoms with Gasteiger partial charge in [0, 0.05) is 17.3 Å². The highest BCUT2D eigenvalue weighted by Crippen LogP contribution is 2.14. The largest absolute Gasteiger partial charge is 0.347 e. The molecule has 1 aromatic carbocycles. The molecule has 0 atom stereocenters. The first-order valence-corrected chi connectivity index (χ1v) is 7.96. The molecule has 0 unspecified atom stereocenters. The Morgan fingerprint density at radius 3 is 2.86 bits per heavy atom. The molecule has 110 valence electrons. The minimum absolute atomic E-state index is 0.210. The molecule has 2 rings (SSSR count). The van der Waals surface area contributed by atoms with Gasteiger partial charge in [-0.15, -0.1) is 0 Å². The number of hydrogen-bond donors (Lipinski definition) is 1. The molecule has 0 radical (unpaired) electrons. The third-order valence-corrected chi connectivity index (χ3v) is 3.65. The van der Waals surface area contributed by atoms with E-state index in [1.54, 1.807) is 12.1 Å². The lowest BCUT2D eigenvalue weighted by atomic mass is 10.2. The summed E-state index contributed by atoms with van der Waals surface area (Å²) in [5, 5.41) is 4.13. The average molecular weight is 322 g/mol. The molecular formula is C15H16ClN3OS. The second-order valence-corrected chi connectivity index (χ2v) is 6.09. The zero-order valence-corrected chi connectivity index (χ0v) is 13.5. The monoisotopic (exact) mass is 321 g/mol. The Balaban J connectivity index is 2.06. The maximum absolute atomic E-state index is 12.2. The van der Waals surface area contributed by atoms with E-state index in [2.05, 4.69) is 15.3 Å². The Morgan fingerprint density at radius 1 is 1.33 bits per heavy atom. The molecule has 1 aromatic heterocycles. The predicted molar refractivity (Wildman–Crippen MR) is 85.8 cm³/mol. The van der Waals surface area contributed by atoms with Gasteiger partial charge in [-0.25, -0.2) is 9.97 Å². The smallest absolute Gasteiger partial charge is 0.270 e. The van der Waals surface area contributed by atoms with Gasteiger partial charge in [-0.05, 0) is 36.4 Å². The van der Waals surface area contributed by atoms with Crippen LogP contribution >= 0.6 is 23.4 Å². The highest BCUT2D eigenvalue weighted by molar-refractivity contribution is 7.99. The molecule has 0 bridgehead atoms. The van der Waals surface area contributed by atoms with Gasteiger partial charge >= 0.3 is 0 Å². The summed E-state index contributed by atoms with van der Waals surface area (Å²) >= 11 is 7.44. The topological polar surface area (TPSA) is 54.9 Å². The van der Waals surface area contributed by atoms with Crippen LogP contribution in [0.2, 0.25) is 5.02 Å². The minimum atomic E-state index is -0.210. The first-order valence-electron chi connectivity index (χ1n) is 6.59. The highest BCUT2D eigenvalue weighted by atomic mass is 35.5. The van der Waals surface area contributed by atoms with Crippen molar-refractivity contribution in [2.24, 2.45) is 0 Å². The third kappa shape index (κ3) is 4.72. The number of aromatic nitrogens is 2. The fourth-order valence-corrected chi connectivity index (χ4v) is 2.61. The van der Waals surface area contributed by atoms with Gasteiger partial charge in [0.2, 0.25) is 0 Å². The number of amides is 1. The Hall–Kier alpha value is -1.59. The summed E-state index contributed by atoms with van der Waals surface area (Å²) in [7, 11) is 0. The lowest BCUT2D eigenvalue weighted by Gasteiger charge is -2.07. The molecule has 1 N–H and O–H groups in total. The van der Waals surface area contributed by atoms with E-state index < -0.39 is 0 Å². The van der Waals surface area contributed by atoms with Gasteiger partial charge in [-0.1, -0.05) is 42.4 Å². The van der Waals surface area contributed by atoms with E-state index in [-0.39, 0.29) is 5.91 Å². The average Bonchev–Trinajstić information content (AvgIpc) is 2.44. The van der Waals surface area contributed by atoms with Crippen molar-refractivity contribution in [3.63, 3.8) is 0 Å². The van der Waals surface area contributed by atoms with E-state index in [0.717, 1.165) is 17.0 Å². The maximum atomic E-state index is 12.2. The zero-order valence-electron chi connectivity index (χ0n) is 11.9. The van der Waals surface area contributed by atoms with Gasteiger partial charge in [0.1, 0.15) is 5.69 Å². The fraction of sp³-hybridized carbons (Fsp3) is 0.267. The van der Waals surface area contributed by atoms with Gasteiger partial charge in [-0.2, -0.15) is 0 Å². The van der Waals surface area contributed by atoms with Gasteiger partial charge < -0.3 is 5.32 Å². The van der Waals surface area contributed by atoms with Gasteiger partial charge in [0.15, 0.2) is 5.16 Å².